The van der Waals surface area contributed by atoms with E-state index < -0.39 is 0 Å². The van der Waals surface area contributed by atoms with Crippen LogP contribution in [-0.4, -0.2) is 28.9 Å². The molecule has 1 amide bonds. The van der Waals surface area contributed by atoms with Gasteiger partial charge in [-0.15, -0.1) is 11.3 Å². The lowest BCUT2D eigenvalue weighted by molar-refractivity contribution is -0.130. The molecule has 3 heterocycles. The van der Waals surface area contributed by atoms with Crippen molar-refractivity contribution in [1.29, 1.82) is 5.26 Å². The van der Waals surface area contributed by atoms with Crippen molar-refractivity contribution >= 4 is 23.1 Å². The molecule has 0 radical (unpaired) electrons. The van der Waals surface area contributed by atoms with Gasteiger partial charge in [0.15, 0.2) is 0 Å². The summed E-state index contributed by atoms with van der Waals surface area (Å²) in [4.78, 5) is 19.6. The van der Waals surface area contributed by atoms with Gasteiger partial charge < -0.3 is 10.2 Å². The van der Waals surface area contributed by atoms with Gasteiger partial charge in [-0.1, -0.05) is 0 Å². The summed E-state index contributed by atoms with van der Waals surface area (Å²) in [7, 11) is 0. The smallest absolute Gasteiger partial charge is 0.242 e. The lowest BCUT2D eigenvalue weighted by atomic mass is 10.1. The molecule has 0 atom stereocenters. The third-order valence-electron chi connectivity index (χ3n) is 3.47. The molecule has 0 saturated carbocycles. The standard InChI is InChI=1S/C15H14N4OS/c16-7-11-1-2-14(17-8-11)18-9-15(20)19-5-3-13-12(10-19)4-6-21-13/h1-2,4,6,8H,3,5,9-10H2,(H,17,18). The molecule has 0 fully saturated rings. The molecule has 3 rings (SSSR count). The molecular weight excluding hydrogens is 284 g/mol. The fourth-order valence-electron chi connectivity index (χ4n) is 2.30. The van der Waals surface area contributed by atoms with Crippen LogP contribution < -0.4 is 5.32 Å². The zero-order valence-electron chi connectivity index (χ0n) is 11.4. The van der Waals surface area contributed by atoms with Crippen LogP contribution in [0, 0.1) is 11.3 Å². The summed E-state index contributed by atoms with van der Waals surface area (Å²) in [5.74, 6) is 0.675. The minimum Gasteiger partial charge on any atom is -0.361 e. The maximum Gasteiger partial charge on any atom is 0.242 e. The number of anilines is 1. The second-order valence-electron chi connectivity index (χ2n) is 4.83. The molecule has 0 saturated heterocycles. The molecule has 0 bridgehead atoms. The van der Waals surface area contributed by atoms with Gasteiger partial charge in [-0.3, -0.25) is 4.79 Å². The zero-order chi connectivity index (χ0) is 14.7. The van der Waals surface area contributed by atoms with Crippen LogP contribution in [0.25, 0.3) is 0 Å². The van der Waals surface area contributed by atoms with Crippen molar-refractivity contribution in [3.05, 3.63) is 45.8 Å². The normalized spacial score (nSPS) is 13.4. The third kappa shape index (κ3) is 3.03. The fourth-order valence-corrected chi connectivity index (χ4v) is 3.19. The summed E-state index contributed by atoms with van der Waals surface area (Å²) in [6.07, 6.45) is 2.43. The lowest BCUT2D eigenvalue weighted by Crippen LogP contribution is -2.38. The van der Waals surface area contributed by atoms with E-state index in [1.54, 1.807) is 23.5 Å². The van der Waals surface area contributed by atoms with Gasteiger partial charge in [0.05, 0.1) is 12.1 Å². The number of nitrogens with zero attached hydrogens (tertiary/aromatic N) is 3. The molecule has 1 N–H and O–H groups in total. The number of aromatic nitrogens is 1. The van der Waals surface area contributed by atoms with Gasteiger partial charge >= 0.3 is 0 Å². The first-order valence-corrected chi connectivity index (χ1v) is 7.57. The Bertz CT molecular complexity index is 686. The van der Waals surface area contributed by atoms with Crippen LogP contribution in [-0.2, 0) is 17.8 Å². The second-order valence-corrected chi connectivity index (χ2v) is 5.83. The predicted octanol–water partition coefficient (Wildman–Crippen LogP) is 2.01. The highest BCUT2D eigenvalue weighted by molar-refractivity contribution is 7.10. The number of carbonyl (C=O) groups is 1. The van der Waals surface area contributed by atoms with Gasteiger partial charge in [-0.2, -0.15) is 5.26 Å². The van der Waals surface area contributed by atoms with Crippen molar-refractivity contribution in [2.75, 3.05) is 18.4 Å². The van der Waals surface area contributed by atoms with Crippen LogP contribution in [0.2, 0.25) is 0 Å². The Morgan fingerprint density at radius 1 is 1.48 bits per heavy atom. The van der Waals surface area contributed by atoms with Crippen LogP contribution in [0.5, 0.6) is 0 Å². The summed E-state index contributed by atoms with van der Waals surface area (Å²) < 4.78 is 0. The van der Waals surface area contributed by atoms with Crippen molar-refractivity contribution in [2.24, 2.45) is 0 Å². The number of carbonyl (C=O) groups excluding carboxylic acids is 1. The molecule has 1 aliphatic rings. The van der Waals surface area contributed by atoms with Crippen LogP contribution in [0.4, 0.5) is 5.82 Å². The average Bonchev–Trinajstić information content (AvgIpc) is 3.00. The highest BCUT2D eigenvalue weighted by Crippen LogP contribution is 2.23. The van der Waals surface area contributed by atoms with Gasteiger partial charge in [-0.25, -0.2) is 4.98 Å². The first-order chi connectivity index (χ1) is 10.3. The van der Waals surface area contributed by atoms with E-state index in [1.165, 1.54) is 16.6 Å². The topological polar surface area (TPSA) is 69.0 Å². The van der Waals surface area contributed by atoms with Gasteiger partial charge in [0, 0.05) is 24.2 Å². The Morgan fingerprint density at radius 3 is 3.14 bits per heavy atom. The van der Waals surface area contributed by atoms with E-state index in [4.69, 9.17) is 5.26 Å². The Kier molecular flexibility index (Phi) is 3.84. The van der Waals surface area contributed by atoms with E-state index in [2.05, 4.69) is 21.7 Å². The molecule has 0 unspecified atom stereocenters. The number of rotatable bonds is 3. The van der Waals surface area contributed by atoms with E-state index in [1.807, 2.05) is 11.0 Å². The van der Waals surface area contributed by atoms with Crippen molar-refractivity contribution < 1.29 is 4.79 Å². The van der Waals surface area contributed by atoms with E-state index >= 15 is 0 Å². The SMILES string of the molecule is N#Cc1ccc(NCC(=O)N2CCc3sccc3C2)nc1. The number of fused-ring (bicyclic) bond motifs is 1. The van der Waals surface area contributed by atoms with Crippen LogP contribution in [0.15, 0.2) is 29.8 Å². The number of thiophene rings is 1. The predicted molar refractivity (Wildman–Crippen MR) is 80.9 cm³/mol. The quantitative estimate of drug-likeness (QED) is 0.941. The van der Waals surface area contributed by atoms with Crippen molar-refractivity contribution in [2.45, 2.75) is 13.0 Å². The number of nitrogens with one attached hydrogen (secondary N) is 1. The molecule has 2 aromatic rings. The van der Waals surface area contributed by atoms with Gasteiger partial charge in [0.2, 0.25) is 5.91 Å². The minimum atomic E-state index is 0.0676. The van der Waals surface area contributed by atoms with Gasteiger partial charge in [0.1, 0.15) is 11.9 Å². The molecule has 1 aliphatic heterocycles. The first kappa shape index (κ1) is 13.6. The molecule has 21 heavy (non-hydrogen) atoms. The third-order valence-corrected chi connectivity index (χ3v) is 4.50. The maximum absolute atomic E-state index is 12.2. The van der Waals surface area contributed by atoms with Crippen molar-refractivity contribution in [3.8, 4) is 6.07 Å². The van der Waals surface area contributed by atoms with E-state index in [0.29, 0.717) is 17.9 Å². The largest absolute Gasteiger partial charge is 0.361 e. The molecule has 106 valence electrons. The molecule has 6 heteroatoms. The number of hydrogen-bond donors (Lipinski definition) is 1. The fraction of sp³-hybridized carbons (Fsp3) is 0.267. The Hall–Kier alpha value is -2.39. The summed E-state index contributed by atoms with van der Waals surface area (Å²) in [5.41, 5.74) is 1.77. The van der Waals surface area contributed by atoms with Crippen molar-refractivity contribution in [1.82, 2.24) is 9.88 Å². The van der Waals surface area contributed by atoms with Crippen LogP contribution >= 0.6 is 11.3 Å². The molecule has 0 spiro atoms. The maximum atomic E-state index is 12.2. The average molecular weight is 298 g/mol. The zero-order valence-corrected chi connectivity index (χ0v) is 12.2. The minimum absolute atomic E-state index is 0.0676. The lowest BCUT2D eigenvalue weighted by Gasteiger charge is -2.27. The highest BCUT2D eigenvalue weighted by atomic mass is 32.1. The number of pyridine rings is 1. The van der Waals surface area contributed by atoms with Crippen molar-refractivity contribution in [3.63, 3.8) is 0 Å². The summed E-state index contributed by atoms with van der Waals surface area (Å²) in [6.45, 7) is 1.69. The van der Waals surface area contributed by atoms with Crippen LogP contribution in [0.1, 0.15) is 16.0 Å². The monoisotopic (exact) mass is 298 g/mol. The Labute approximate surface area is 126 Å². The van der Waals surface area contributed by atoms with E-state index in [0.717, 1.165) is 13.0 Å². The molecular formula is C15H14N4OS. The van der Waals surface area contributed by atoms with Gasteiger partial charge in [0.25, 0.3) is 0 Å². The Morgan fingerprint density at radius 2 is 2.38 bits per heavy atom. The molecule has 0 aliphatic carbocycles. The molecule has 5 nitrogen and oxygen atoms in total. The highest BCUT2D eigenvalue weighted by Gasteiger charge is 2.21. The summed E-state index contributed by atoms with van der Waals surface area (Å²) in [5, 5.41) is 13.8. The summed E-state index contributed by atoms with van der Waals surface area (Å²) >= 11 is 1.76. The number of hydrogen-bond acceptors (Lipinski definition) is 5. The second kappa shape index (κ2) is 5.94. The van der Waals surface area contributed by atoms with E-state index in [9.17, 15) is 4.79 Å². The Balaban J connectivity index is 1.56. The first-order valence-electron chi connectivity index (χ1n) is 6.69. The van der Waals surface area contributed by atoms with E-state index in [-0.39, 0.29) is 12.5 Å². The number of nitriles is 1. The van der Waals surface area contributed by atoms with Crippen LogP contribution in [0.3, 0.4) is 0 Å². The van der Waals surface area contributed by atoms with Gasteiger partial charge in [-0.05, 0) is 35.6 Å². The summed E-state index contributed by atoms with van der Waals surface area (Å²) in [6, 6.07) is 7.49. The molecule has 2 aromatic heterocycles. The number of amides is 1. The molecule has 0 aromatic carbocycles.